The quantitative estimate of drug-likeness (QED) is 0.442. The van der Waals surface area contributed by atoms with Crippen molar-refractivity contribution >= 4 is 28.4 Å². The summed E-state index contributed by atoms with van der Waals surface area (Å²) >= 11 is 1.66. The molecule has 6 heteroatoms. The second kappa shape index (κ2) is 7.67. The highest BCUT2D eigenvalue weighted by atomic mass is 32.2. The third-order valence-electron chi connectivity index (χ3n) is 5.14. The normalized spacial score (nSPS) is 11.8. The van der Waals surface area contributed by atoms with E-state index in [1.807, 2.05) is 29.5 Å². The SMILES string of the molecule is Cc1ccc(C)c(CSc2nnc3n(CC(C)C)c(=O)c4cc(C)ccc4n23)c1. The molecular weight excluding hydrogens is 380 g/mol. The van der Waals surface area contributed by atoms with Crippen molar-refractivity contribution in [3.8, 4) is 0 Å². The van der Waals surface area contributed by atoms with E-state index in [9.17, 15) is 4.79 Å². The van der Waals surface area contributed by atoms with E-state index in [1.165, 1.54) is 16.7 Å². The van der Waals surface area contributed by atoms with E-state index in [1.54, 1.807) is 16.3 Å². The fourth-order valence-corrected chi connectivity index (χ4v) is 4.62. The van der Waals surface area contributed by atoms with Gasteiger partial charge in [0.2, 0.25) is 5.78 Å². The van der Waals surface area contributed by atoms with Gasteiger partial charge in [-0.05, 0) is 49.9 Å². The van der Waals surface area contributed by atoms with Crippen LogP contribution in [0.4, 0.5) is 0 Å². The largest absolute Gasteiger partial charge is 0.276 e. The fraction of sp³-hybridized carbons (Fsp3) is 0.348. The van der Waals surface area contributed by atoms with Gasteiger partial charge in [-0.3, -0.25) is 13.8 Å². The number of hydrogen-bond acceptors (Lipinski definition) is 4. The summed E-state index contributed by atoms with van der Waals surface area (Å²) in [6.45, 7) is 11.1. The summed E-state index contributed by atoms with van der Waals surface area (Å²) in [6.07, 6.45) is 0. The zero-order chi connectivity index (χ0) is 20.7. The molecule has 0 fully saturated rings. The number of benzene rings is 2. The minimum Gasteiger partial charge on any atom is -0.276 e. The zero-order valence-electron chi connectivity index (χ0n) is 17.6. The van der Waals surface area contributed by atoms with Gasteiger partial charge in [0.1, 0.15) is 0 Å². The Morgan fingerprint density at radius 2 is 1.72 bits per heavy atom. The summed E-state index contributed by atoms with van der Waals surface area (Å²) in [6, 6.07) is 12.5. The topological polar surface area (TPSA) is 52.2 Å². The highest BCUT2D eigenvalue weighted by Crippen LogP contribution is 2.26. The van der Waals surface area contributed by atoms with E-state index in [-0.39, 0.29) is 5.56 Å². The van der Waals surface area contributed by atoms with Crippen LogP contribution in [-0.4, -0.2) is 19.2 Å². The van der Waals surface area contributed by atoms with Crippen molar-refractivity contribution in [1.29, 1.82) is 0 Å². The van der Waals surface area contributed by atoms with E-state index in [2.05, 4.69) is 56.1 Å². The van der Waals surface area contributed by atoms with Crippen LogP contribution in [0.25, 0.3) is 16.7 Å². The van der Waals surface area contributed by atoms with Gasteiger partial charge in [-0.2, -0.15) is 0 Å². The maximum Gasteiger partial charge on any atom is 0.262 e. The fourth-order valence-electron chi connectivity index (χ4n) is 3.62. The first-order valence-corrected chi connectivity index (χ1v) is 10.9. The lowest BCUT2D eigenvalue weighted by Gasteiger charge is -2.13. The van der Waals surface area contributed by atoms with Gasteiger partial charge in [0.15, 0.2) is 5.16 Å². The summed E-state index contributed by atoms with van der Waals surface area (Å²) < 4.78 is 3.80. The molecule has 4 aromatic rings. The van der Waals surface area contributed by atoms with E-state index in [4.69, 9.17) is 0 Å². The van der Waals surface area contributed by atoms with Crippen LogP contribution in [0.1, 0.15) is 36.1 Å². The van der Waals surface area contributed by atoms with Crippen LogP contribution in [-0.2, 0) is 12.3 Å². The van der Waals surface area contributed by atoms with Gasteiger partial charge < -0.3 is 0 Å². The number of thioether (sulfide) groups is 1. The number of aryl methyl sites for hydroxylation is 3. The van der Waals surface area contributed by atoms with Gasteiger partial charge in [-0.25, -0.2) is 0 Å². The summed E-state index contributed by atoms with van der Waals surface area (Å²) in [7, 11) is 0. The molecule has 0 N–H and O–H groups in total. The highest BCUT2D eigenvalue weighted by molar-refractivity contribution is 7.98. The monoisotopic (exact) mass is 406 g/mol. The maximum atomic E-state index is 13.2. The predicted molar refractivity (Wildman–Crippen MR) is 120 cm³/mol. The summed E-state index contributed by atoms with van der Waals surface area (Å²) in [4.78, 5) is 13.2. The first-order valence-electron chi connectivity index (χ1n) is 9.92. The van der Waals surface area contributed by atoms with Gasteiger partial charge in [-0.1, -0.05) is 61.0 Å². The Hall–Kier alpha value is -2.60. The van der Waals surface area contributed by atoms with Crippen molar-refractivity contribution in [2.75, 3.05) is 0 Å². The number of fused-ring (bicyclic) bond motifs is 3. The summed E-state index contributed by atoms with van der Waals surface area (Å²) in [5, 5.41) is 10.4. The molecule has 2 heterocycles. The Balaban J connectivity index is 1.87. The van der Waals surface area contributed by atoms with E-state index in [0.29, 0.717) is 23.6 Å². The minimum absolute atomic E-state index is 0.00313. The lowest BCUT2D eigenvalue weighted by molar-refractivity contribution is 0.517. The number of aromatic nitrogens is 4. The highest BCUT2D eigenvalue weighted by Gasteiger charge is 2.18. The van der Waals surface area contributed by atoms with Gasteiger partial charge in [0.25, 0.3) is 5.56 Å². The van der Waals surface area contributed by atoms with Crippen molar-refractivity contribution in [3.63, 3.8) is 0 Å². The Morgan fingerprint density at radius 3 is 2.48 bits per heavy atom. The molecule has 0 unspecified atom stereocenters. The number of hydrogen-bond donors (Lipinski definition) is 0. The average molecular weight is 407 g/mol. The molecule has 0 atom stereocenters. The molecule has 2 aromatic heterocycles. The molecule has 5 nitrogen and oxygen atoms in total. The van der Waals surface area contributed by atoms with E-state index >= 15 is 0 Å². The van der Waals surface area contributed by atoms with E-state index < -0.39 is 0 Å². The van der Waals surface area contributed by atoms with Crippen molar-refractivity contribution in [1.82, 2.24) is 19.2 Å². The Bertz CT molecular complexity index is 1270. The van der Waals surface area contributed by atoms with Gasteiger partial charge in [0, 0.05) is 12.3 Å². The Kier molecular flexibility index (Phi) is 5.21. The first kappa shape index (κ1) is 19.7. The third-order valence-corrected chi connectivity index (χ3v) is 6.11. The minimum atomic E-state index is 0.00313. The molecule has 0 saturated heterocycles. The molecule has 0 amide bonds. The van der Waals surface area contributed by atoms with Crippen LogP contribution in [0.3, 0.4) is 0 Å². The number of nitrogens with zero attached hydrogens (tertiary/aromatic N) is 4. The molecule has 29 heavy (non-hydrogen) atoms. The first-order chi connectivity index (χ1) is 13.8. The average Bonchev–Trinajstić information content (AvgIpc) is 3.09. The molecule has 0 aliphatic carbocycles. The number of rotatable bonds is 5. The summed E-state index contributed by atoms with van der Waals surface area (Å²) in [5.74, 6) is 1.76. The Labute approximate surface area is 174 Å². The predicted octanol–water partition coefficient (Wildman–Crippen LogP) is 4.92. The van der Waals surface area contributed by atoms with Crippen LogP contribution < -0.4 is 5.56 Å². The lowest BCUT2D eigenvalue weighted by Crippen LogP contribution is -2.25. The smallest absolute Gasteiger partial charge is 0.262 e. The molecule has 0 aliphatic rings. The standard InChI is InChI=1S/C23H26N4OS/c1-14(2)12-26-21(28)19-11-16(4)7-9-20(19)27-22(26)24-25-23(27)29-13-18-10-15(3)6-8-17(18)5/h6-11,14H,12-13H2,1-5H3. The van der Waals surface area contributed by atoms with Crippen LogP contribution in [0.2, 0.25) is 0 Å². The second-order valence-electron chi connectivity index (χ2n) is 8.17. The van der Waals surface area contributed by atoms with Crippen molar-refractivity contribution in [2.45, 2.75) is 52.1 Å². The van der Waals surface area contributed by atoms with Crippen LogP contribution in [0.5, 0.6) is 0 Å². The molecule has 0 spiro atoms. The lowest BCUT2D eigenvalue weighted by atomic mass is 10.1. The van der Waals surface area contributed by atoms with Crippen LogP contribution >= 0.6 is 11.8 Å². The van der Waals surface area contributed by atoms with E-state index in [0.717, 1.165) is 22.0 Å². The van der Waals surface area contributed by atoms with Gasteiger partial charge >= 0.3 is 0 Å². The van der Waals surface area contributed by atoms with Crippen molar-refractivity contribution in [3.05, 3.63) is 69.0 Å². The molecule has 4 rings (SSSR count). The molecule has 0 aliphatic heterocycles. The zero-order valence-corrected chi connectivity index (χ0v) is 18.4. The van der Waals surface area contributed by atoms with Crippen LogP contribution in [0.15, 0.2) is 46.3 Å². The molecule has 2 aromatic carbocycles. The third kappa shape index (κ3) is 3.69. The molecule has 150 valence electrons. The maximum absolute atomic E-state index is 13.2. The van der Waals surface area contributed by atoms with Crippen LogP contribution in [0, 0.1) is 26.7 Å². The van der Waals surface area contributed by atoms with Crippen molar-refractivity contribution < 1.29 is 0 Å². The van der Waals surface area contributed by atoms with Crippen molar-refractivity contribution in [2.24, 2.45) is 5.92 Å². The second-order valence-corrected chi connectivity index (χ2v) is 9.11. The molecule has 0 radical (unpaired) electrons. The molecule has 0 saturated carbocycles. The molecular formula is C23H26N4OS. The molecule has 0 bridgehead atoms. The van der Waals surface area contributed by atoms with Gasteiger partial charge in [-0.15, -0.1) is 10.2 Å². The summed E-state index contributed by atoms with van der Waals surface area (Å²) in [5.41, 5.74) is 5.76. The Morgan fingerprint density at radius 1 is 1.00 bits per heavy atom. The van der Waals surface area contributed by atoms with Gasteiger partial charge in [0.05, 0.1) is 10.9 Å².